The standard InChI is InChI=1S/C18H20N4OS/c23-18(15-11-13-7-3-1-2-4-8-14(13)24-15)19-12-17-21-20-16-9-5-6-10-22(16)17/h5-6,9-11H,1-4,7-8,12H2,(H,19,23). The average Bonchev–Trinajstić information content (AvgIpc) is 3.17. The predicted molar refractivity (Wildman–Crippen MR) is 94.4 cm³/mol. The second-order valence-corrected chi connectivity index (χ2v) is 7.34. The Labute approximate surface area is 144 Å². The molecule has 1 amide bonds. The number of hydrogen-bond acceptors (Lipinski definition) is 4. The first-order chi connectivity index (χ1) is 11.8. The van der Waals surface area contributed by atoms with Crippen molar-refractivity contribution in [3.63, 3.8) is 0 Å². The number of nitrogens with zero attached hydrogens (tertiary/aromatic N) is 3. The van der Waals surface area contributed by atoms with Crippen molar-refractivity contribution in [2.45, 2.75) is 45.1 Å². The van der Waals surface area contributed by atoms with Crippen molar-refractivity contribution in [2.75, 3.05) is 0 Å². The first kappa shape index (κ1) is 15.3. The van der Waals surface area contributed by atoms with Crippen LogP contribution in [0.3, 0.4) is 0 Å². The van der Waals surface area contributed by atoms with Gasteiger partial charge in [-0.25, -0.2) is 0 Å². The fourth-order valence-electron chi connectivity index (χ4n) is 3.21. The minimum absolute atomic E-state index is 0.0144. The van der Waals surface area contributed by atoms with Crippen LogP contribution in [0.25, 0.3) is 5.65 Å². The van der Waals surface area contributed by atoms with E-state index < -0.39 is 0 Å². The molecule has 1 aliphatic rings. The first-order valence-corrected chi connectivity index (χ1v) is 9.31. The first-order valence-electron chi connectivity index (χ1n) is 8.50. The van der Waals surface area contributed by atoms with Crippen LogP contribution < -0.4 is 5.32 Å². The van der Waals surface area contributed by atoms with Crippen LogP contribution in [-0.4, -0.2) is 20.5 Å². The molecule has 0 aromatic carbocycles. The smallest absolute Gasteiger partial charge is 0.261 e. The van der Waals surface area contributed by atoms with Gasteiger partial charge in [0, 0.05) is 11.1 Å². The molecule has 1 N–H and O–H groups in total. The number of carbonyl (C=O) groups excluding carboxylic acids is 1. The van der Waals surface area contributed by atoms with Crippen molar-refractivity contribution < 1.29 is 4.79 Å². The Morgan fingerprint density at radius 3 is 2.96 bits per heavy atom. The molecule has 0 saturated heterocycles. The van der Waals surface area contributed by atoms with E-state index in [9.17, 15) is 4.79 Å². The van der Waals surface area contributed by atoms with Crippen LogP contribution in [-0.2, 0) is 19.4 Å². The molecule has 3 heterocycles. The molecule has 0 radical (unpaired) electrons. The van der Waals surface area contributed by atoms with Gasteiger partial charge in [-0.3, -0.25) is 9.20 Å². The monoisotopic (exact) mass is 340 g/mol. The Bertz CT molecular complexity index is 841. The number of aromatic nitrogens is 3. The number of fused-ring (bicyclic) bond motifs is 2. The third-order valence-electron chi connectivity index (χ3n) is 4.51. The van der Waals surface area contributed by atoms with E-state index in [2.05, 4.69) is 21.6 Å². The molecule has 4 rings (SSSR count). The Hall–Kier alpha value is -2.21. The molecule has 124 valence electrons. The van der Waals surface area contributed by atoms with Crippen LogP contribution in [0, 0.1) is 0 Å². The molecule has 3 aromatic heterocycles. The van der Waals surface area contributed by atoms with E-state index in [0.29, 0.717) is 6.54 Å². The lowest BCUT2D eigenvalue weighted by Crippen LogP contribution is -2.23. The van der Waals surface area contributed by atoms with E-state index in [0.717, 1.165) is 29.2 Å². The Balaban J connectivity index is 1.47. The highest BCUT2D eigenvalue weighted by Crippen LogP contribution is 2.28. The molecule has 3 aromatic rings. The molecule has 0 fully saturated rings. The number of pyridine rings is 1. The third-order valence-corrected chi connectivity index (χ3v) is 5.75. The van der Waals surface area contributed by atoms with Crippen molar-refractivity contribution in [3.05, 3.63) is 51.6 Å². The minimum atomic E-state index is -0.0144. The van der Waals surface area contributed by atoms with Crippen molar-refractivity contribution in [2.24, 2.45) is 0 Å². The molecular formula is C18H20N4OS. The molecule has 0 spiro atoms. The van der Waals surface area contributed by atoms with E-state index in [1.807, 2.05) is 28.8 Å². The molecule has 6 heteroatoms. The van der Waals surface area contributed by atoms with Gasteiger partial charge < -0.3 is 5.32 Å². The quantitative estimate of drug-likeness (QED) is 0.795. The zero-order chi connectivity index (χ0) is 16.4. The molecular weight excluding hydrogens is 320 g/mol. The minimum Gasteiger partial charge on any atom is -0.344 e. The van der Waals surface area contributed by atoms with Crippen molar-refractivity contribution in [1.29, 1.82) is 0 Å². The molecule has 0 saturated carbocycles. The highest BCUT2D eigenvalue weighted by atomic mass is 32.1. The summed E-state index contributed by atoms with van der Waals surface area (Å²) >= 11 is 1.65. The highest BCUT2D eigenvalue weighted by Gasteiger charge is 2.16. The summed E-state index contributed by atoms with van der Waals surface area (Å²) in [6, 6.07) is 7.84. The number of hydrogen-bond donors (Lipinski definition) is 1. The van der Waals surface area contributed by atoms with E-state index in [-0.39, 0.29) is 5.91 Å². The van der Waals surface area contributed by atoms with Gasteiger partial charge in [-0.1, -0.05) is 18.9 Å². The Morgan fingerprint density at radius 1 is 1.17 bits per heavy atom. The summed E-state index contributed by atoms with van der Waals surface area (Å²) in [5, 5.41) is 11.2. The number of thiophene rings is 1. The fourth-order valence-corrected chi connectivity index (χ4v) is 4.38. The molecule has 0 bridgehead atoms. The zero-order valence-corrected chi connectivity index (χ0v) is 14.3. The molecule has 1 aliphatic carbocycles. The van der Waals surface area contributed by atoms with Gasteiger partial charge in [0.1, 0.15) is 0 Å². The van der Waals surface area contributed by atoms with Crippen LogP contribution in [0.1, 0.15) is 51.6 Å². The maximum absolute atomic E-state index is 12.5. The van der Waals surface area contributed by atoms with Gasteiger partial charge >= 0.3 is 0 Å². The molecule has 24 heavy (non-hydrogen) atoms. The number of amides is 1. The summed E-state index contributed by atoms with van der Waals surface area (Å²) < 4.78 is 1.90. The summed E-state index contributed by atoms with van der Waals surface area (Å²) in [6.45, 7) is 0.382. The molecule has 0 unspecified atom stereocenters. The van der Waals surface area contributed by atoms with Crippen LogP contribution in [0.5, 0.6) is 0 Å². The number of rotatable bonds is 3. The maximum Gasteiger partial charge on any atom is 0.261 e. The van der Waals surface area contributed by atoms with Gasteiger partial charge in [-0.2, -0.15) is 0 Å². The van der Waals surface area contributed by atoms with Gasteiger partial charge in [-0.05, 0) is 49.4 Å². The number of nitrogens with one attached hydrogen (secondary N) is 1. The predicted octanol–water partition coefficient (Wildman–Crippen LogP) is 3.38. The van der Waals surface area contributed by atoms with E-state index in [1.54, 1.807) is 11.3 Å². The topological polar surface area (TPSA) is 59.3 Å². The summed E-state index contributed by atoms with van der Waals surface area (Å²) in [5.74, 6) is 0.730. The Kier molecular flexibility index (Phi) is 4.30. The Morgan fingerprint density at radius 2 is 2.04 bits per heavy atom. The summed E-state index contributed by atoms with van der Waals surface area (Å²) in [4.78, 5) is 14.7. The normalized spacial score (nSPS) is 14.8. The summed E-state index contributed by atoms with van der Waals surface area (Å²) in [7, 11) is 0. The lowest BCUT2D eigenvalue weighted by Gasteiger charge is -2.07. The number of aryl methyl sites for hydroxylation is 2. The van der Waals surface area contributed by atoms with Crippen LogP contribution >= 0.6 is 11.3 Å². The van der Waals surface area contributed by atoms with E-state index in [1.165, 1.54) is 36.1 Å². The average molecular weight is 340 g/mol. The molecule has 5 nitrogen and oxygen atoms in total. The second-order valence-electron chi connectivity index (χ2n) is 6.20. The van der Waals surface area contributed by atoms with Crippen molar-refractivity contribution in [3.8, 4) is 0 Å². The van der Waals surface area contributed by atoms with Crippen LogP contribution in [0.4, 0.5) is 0 Å². The summed E-state index contributed by atoms with van der Waals surface area (Å²) in [5.41, 5.74) is 2.17. The SMILES string of the molecule is O=C(NCc1nnc2ccccn12)c1cc2c(s1)CCCCCC2. The van der Waals surface area contributed by atoms with Crippen molar-refractivity contribution >= 4 is 22.9 Å². The maximum atomic E-state index is 12.5. The lowest BCUT2D eigenvalue weighted by molar-refractivity contribution is 0.0954. The van der Waals surface area contributed by atoms with Crippen LogP contribution in [0.2, 0.25) is 0 Å². The third kappa shape index (κ3) is 3.06. The van der Waals surface area contributed by atoms with E-state index in [4.69, 9.17) is 0 Å². The van der Waals surface area contributed by atoms with Gasteiger partial charge in [0.15, 0.2) is 11.5 Å². The van der Waals surface area contributed by atoms with Gasteiger partial charge in [0.05, 0.1) is 11.4 Å². The van der Waals surface area contributed by atoms with E-state index >= 15 is 0 Å². The number of carbonyl (C=O) groups is 1. The highest BCUT2D eigenvalue weighted by molar-refractivity contribution is 7.14. The second kappa shape index (κ2) is 6.73. The molecule has 0 aliphatic heterocycles. The fraction of sp³-hybridized carbons (Fsp3) is 0.389. The largest absolute Gasteiger partial charge is 0.344 e. The lowest BCUT2D eigenvalue weighted by atomic mass is 10.00. The zero-order valence-electron chi connectivity index (χ0n) is 13.5. The van der Waals surface area contributed by atoms with Gasteiger partial charge in [0.25, 0.3) is 5.91 Å². The summed E-state index contributed by atoms with van der Waals surface area (Å²) in [6.07, 6.45) is 9.20. The van der Waals surface area contributed by atoms with Gasteiger partial charge in [-0.15, -0.1) is 21.5 Å². The van der Waals surface area contributed by atoms with Crippen molar-refractivity contribution in [1.82, 2.24) is 19.9 Å². The molecule has 0 atom stereocenters. The van der Waals surface area contributed by atoms with Gasteiger partial charge in [0.2, 0.25) is 0 Å². The van der Waals surface area contributed by atoms with Crippen LogP contribution in [0.15, 0.2) is 30.5 Å².